The van der Waals surface area contributed by atoms with Crippen LogP contribution >= 0.6 is 0 Å². The fraction of sp³-hybridized carbons (Fsp3) is 0.250. The minimum absolute atomic E-state index is 0.385. The van der Waals surface area contributed by atoms with E-state index in [2.05, 4.69) is 4.98 Å². The van der Waals surface area contributed by atoms with Crippen molar-refractivity contribution in [1.29, 1.82) is 0 Å². The fourth-order valence-electron chi connectivity index (χ4n) is 0.872. The molecule has 0 aliphatic heterocycles. The van der Waals surface area contributed by atoms with Gasteiger partial charge in [-0.05, 0) is 0 Å². The molecule has 0 unspecified atom stereocenters. The van der Waals surface area contributed by atoms with Crippen molar-refractivity contribution in [2.45, 2.75) is 6.54 Å². The van der Waals surface area contributed by atoms with E-state index in [4.69, 9.17) is 5.73 Å². The van der Waals surface area contributed by atoms with Crippen LogP contribution in [0.2, 0.25) is 0 Å². The Kier molecular flexibility index (Phi) is 3.22. The van der Waals surface area contributed by atoms with Crippen molar-refractivity contribution in [3.05, 3.63) is 45.3 Å². The number of rotatable bonds is 3. The second-order valence-electron chi connectivity index (χ2n) is 2.47. The van der Waals surface area contributed by atoms with Gasteiger partial charge in [0.25, 0.3) is 5.56 Å². The maximum Gasteiger partial charge on any atom is 0.328 e. The maximum absolute atomic E-state index is 11.1. The molecule has 0 saturated heterocycles. The summed E-state index contributed by atoms with van der Waals surface area (Å²) in [4.78, 5) is 23.9. The van der Waals surface area contributed by atoms with Crippen molar-refractivity contribution in [2.24, 2.45) is 5.73 Å². The largest absolute Gasteiger partial charge is 0.328 e. The SMILES string of the molecule is NC/C=C/Cn1ccc(=O)[nH]c1=O. The van der Waals surface area contributed by atoms with E-state index in [9.17, 15) is 9.59 Å². The highest BCUT2D eigenvalue weighted by atomic mass is 16.2. The molecule has 0 bridgehead atoms. The molecule has 5 nitrogen and oxygen atoms in total. The van der Waals surface area contributed by atoms with Crippen molar-refractivity contribution in [3.8, 4) is 0 Å². The molecule has 5 heteroatoms. The van der Waals surface area contributed by atoms with E-state index in [-0.39, 0.29) is 5.56 Å². The minimum Gasteiger partial charge on any atom is -0.327 e. The number of aromatic amines is 1. The van der Waals surface area contributed by atoms with Crippen LogP contribution in [0.15, 0.2) is 34.0 Å². The summed E-state index contributed by atoms with van der Waals surface area (Å²) in [7, 11) is 0. The third-order valence-corrected chi connectivity index (χ3v) is 1.50. The molecule has 0 atom stereocenters. The Morgan fingerprint density at radius 1 is 1.46 bits per heavy atom. The van der Waals surface area contributed by atoms with Gasteiger partial charge in [0.05, 0.1) is 0 Å². The topological polar surface area (TPSA) is 80.9 Å². The number of aromatic nitrogens is 2. The average Bonchev–Trinajstić information content (AvgIpc) is 2.09. The van der Waals surface area contributed by atoms with Gasteiger partial charge in [0.2, 0.25) is 0 Å². The number of allylic oxidation sites excluding steroid dienone is 1. The van der Waals surface area contributed by atoms with Crippen molar-refractivity contribution >= 4 is 0 Å². The lowest BCUT2D eigenvalue weighted by molar-refractivity contribution is 0.735. The Balaban J connectivity index is 2.84. The molecule has 1 aromatic rings. The number of nitrogens with two attached hydrogens (primary N) is 1. The molecular weight excluding hydrogens is 170 g/mol. The Labute approximate surface area is 74.5 Å². The van der Waals surface area contributed by atoms with Crippen LogP contribution in [0.4, 0.5) is 0 Å². The summed E-state index contributed by atoms with van der Waals surface area (Å²) in [5, 5.41) is 0. The summed E-state index contributed by atoms with van der Waals surface area (Å²) >= 11 is 0. The lowest BCUT2D eigenvalue weighted by atomic mass is 10.5. The first-order valence-electron chi connectivity index (χ1n) is 3.89. The molecule has 0 radical (unpaired) electrons. The number of nitrogens with zero attached hydrogens (tertiary/aromatic N) is 1. The Morgan fingerprint density at radius 3 is 2.85 bits per heavy atom. The zero-order chi connectivity index (χ0) is 9.68. The van der Waals surface area contributed by atoms with E-state index in [1.807, 2.05) is 0 Å². The molecule has 0 aromatic carbocycles. The summed E-state index contributed by atoms with van der Waals surface area (Å²) < 4.78 is 1.38. The molecule has 1 aromatic heterocycles. The predicted octanol–water partition coefficient (Wildman–Crippen LogP) is -0.948. The molecule has 0 fully saturated rings. The van der Waals surface area contributed by atoms with Crippen LogP contribution in [0, 0.1) is 0 Å². The monoisotopic (exact) mass is 181 g/mol. The number of H-pyrrole nitrogens is 1. The summed E-state index contributed by atoms with van der Waals surface area (Å²) in [6.45, 7) is 0.866. The summed E-state index contributed by atoms with van der Waals surface area (Å²) in [6.07, 6.45) is 4.96. The highest BCUT2D eigenvalue weighted by Crippen LogP contribution is 1.78. The van der Waals surface area contributed by atoms with E-state index >= 15 is 0 Å². The van der Waals surface area contributed by atoms with Crippen molar-refractivity contribution in [1.82, 2.24) is 9.55 Å². The first-order chi connectivity index (χ1) is 6.24. The van der Waals surface area contributed by atoms with Gasteiger partial charge in [-0.3, -0.25) is 14.3 Å². The van der Waals surface area contributed by atoms with Crippen LogP contribution in [0.5, 0.6) is 0 Å². The average molecular weight is 181 g/mol. The molecule has 1 rings (SSSR count). The Morgan fingerprint density at radius 2 is 2.23 bits per heavy atom. The molecular formula is C8H11N3O2. The number of nitrogens with one attached hydrogen (secondary N) is 1. The minimum atomic E-state index is -0.408. The zero-order valence-electron chi connectivity index (χ0n) is 7.06. The van der Waals surface area contributed by atoms with Gasteiger partial charge in [0.15, 0.2) is 0 Å². The first kappa shape index (κ1) is 9.47. The van der Waals surface area contributed by atoms with Gasteiger partial charge in [-0.15, -0.1) is 0 Å². The lowest BCUT2D eigenvalue weighted by Gasteiger charge is -1.98. The molecule has 0 aliphatic rings. The zero-order valence-corrected chi connectivity index (χ0v) is 7.06. The van der Waals surface area contributed by atoms with Crippen LogP contribution in [0.3, 0.4) is 0 Å². The van der Waals surface area contributed by atoms with Gasteiger partial charge < -0.3 is 5.73 Å². The third-order valence-electron chi connectivity index (χ3n) is 1.50. The number of hydrogen-bond acceptors (Lipinski definition) is 3. The van der Waals surface area contributed by atoms with Crippen LogP contribution in [-0.4, -0.2) is 16.1 Å². The molecule has 0 amide bonds. The smallest absolute Gasteiger partial charge is 0.327 e. The van der Waals surface area contributed by atoms with Crippen molar-refractivity contribution in [3.63, 3.8) is 0 Å². The second kappa shape index (κ2) is 4.42. The van der Waals surface area contributed by atoms with Gasteiger partial charge in [-0.1, -0.05) is 12.2 Å². The van der Waals surface area contributed by atoms with Gasteiger partial charge in [0.1, 0.15) is 0 Å². The second-order valence-corrected chi connectivity index (χ2v) is 2.47. The predicted molar refractivity (Wildman–Crippen MR) is 49.5 cm³/mol. The highest BCUT2D eigenvalue weighted by Gasteiger charge is 1.91. The molecule has 13 heavy (non-hydrogen) atoms. The standard InChI is InChI=1S/C8H11N3O2/c9-4-1-2-5-11-6-3-7(12)10-8(11)13/h1-3,6H,4-5,9H2,(H,10,12,13)/b2-1+. The van der Waals surface area contributed by atoms with Crippen LogP contribution in [0.25, 0.3) is 0 Å². The quantitative estimate of drug-likeness (QED) is 0.590. The van der Waals surface area contributed by atoms with E-state index < -0.39 is 5.69 Å². The van der Waals surface area contributed by atoms with E-state index in [1.165, 1.54) is 16.8 Å². The summed E-state index contributed by atoms with van der Waals surface area (Å²) in [5.74, 6) is 0. The number of hydrogen-bond donors (Lipinski definition) is 2. The van der Waals surface area contributed by atoms with Gasteiger partial charge in [-0.25, -0.2) is 4.79 Å². The lowest BCUT2D eigenvalue weighted by Crippen LogP contribution is -2.28. The molecule has 0 aliphatic carbocycles. The summed E-state index contributed by atoms with van der Waals surface area (Å²) in [6, 6.07) is 1.30. The Hall–Kier alpha value is -1.62. The van der Waals surface area contributed by atoms with Crippen LogP contribution in [-0.2, 0) is 6.54 Å². The third kappa shape index (κ3) is 2.72. The molecule has 0 spiro atoms. The van der Waals surface area contributed by atoms with Crippen LogP contribution < -0.4 is 17.0 Å². The molecule has 70 valence electrons. The van der Waals surface area contributed by atoms with Gasteiger partial charge >= 0.3 is 5.69 Å². The van der Waals surface area contributed by atoms with Crippen molar-refractivity contribution in [2.75, 3.05) is 6.54 Å². The Bertz CT molecular complexity index is 402. The molecule has 1 heterocycles. The van der Waals surface area contributed by atoms with E-state index in [0.29, 0.717) is 13.1 Å². The van der Waals surface area contributed by atoms with Crippen molar-refractivity contribution < 1.29 is 0 Å². The molecule has 3 N–H and O–H groups in total. The first-order valence-corrected chi connectivity index (χ1v) is 3.89. The molecule has 0 saturated carbocycles. The van der Waals surface area contributed by atoms with E-state index in [1.54, 1.807) is 12.2 Å². The summed E-state index contributed by atoms with van der Waals surface area (Å²) in [5.41, 5.74) is 4.43. The maximum atomic E-state index is 11.1. The van der Waals surface area contributed by atoms with Gasteiger partial charge in [0, 0.05) is 25.4 Å². The normalized spacial score (nSPS) is 10.8. The van der Waals surface area contributed by atoms with E-state index in [0.717, 1.165) is 0 Å². The highest BCUT2D eigenvalue weighted by molar-refractivity contribution is 4.88. The van der Waals surface area contributed by atoms with Gasteiger partial charge in [-0.2, -0.15) is 0 Å². The van der Waals surface area contributed by atoms with Crippen LogP contribution in [0.1, 0.15) is 0 Å². The fourth-order valence-corrected chi connectivity index (χ4v) is 0.872.